The summed E-state index contributed by atoms with van der Waals surface area (Å²) in [6.07, 6.45) is 11.4. The number of aryl methyl sites for hydroxylation is 4. The molecular formula is C99H107FN22O9S2. The Bertz CT molecular complexity index is 7310. The van der Waals surface area contributed by atoms with Crippen molar-refractivity contribution in [3.05, 3.63) is 274 Å². The van der Waals surface area contributed by atoms with Crippen LogP contribution >= 0.6 is 22.7 Å². The van der Waals surface area contributed by atoms with Crippen molar-refractivity contribution in [2.24, 2.45) is 5.73 Å². The number of benzene rings is 4. The van der Waals surface area contributed by atoms with Crippen molar-refractivity contribution in [3.8, 4) is 78.7 Å². The van der Waals surface area contributed by atoms with Crippen LogP contribution in [0.4, 0.5) is 32.8 Å². The zero-order valence-corrected chi connectivity index (χ0v) is 77.6. The summed E-state index contributed by atoms with van der Waals surface area (Å²) >= 11 is 3.18. The molecule has 0 radical (unpaired) electrons. The molecule has 133 heavy (non-hydrogen) atoms. The Morgan fingerprint density at radius 2 is 0.812 bits per heavy atom. The summed E-state index contributed by atoms with van der Waals surface area (Å²) < 4.78 is 44.3. The maximum absolute atomic E-state index is 13.8. The number of piperazine rings is 3. The summed E-state index contributed by atoms with van der Waals surface area (Å²) in [6.45, 7) is 26.9. The van der Waals surface area contributed by atoms with Crippen LogP contribution in [0, 0.1) is 33.5 Å². The lowest BCUT2D eigenvalue weighted by Gasteiger charge is -2.33. The predicted molar refractivity (Wildman–Crippen MR) is 527 cm³/mol. The average molecular weight is 1830 g/mol. The van der Waals surface area contributed by atoms with Crippen LogP contribution in [0.25, 0.3) is 94.2 Å². The Morgan fingerprint density at radius 3 is 1.29 bits per heavy atom. The largest absolute Gasteiger partial charge is 0.493 e. The Balaban J connectivity index is 0.000000116. The molecule has 0 amide bonds. The number of nitrogens with zero attached hydrogens (tertiary/aromatic N) is 17. The first kappa shape index (κ1) is 91.0. The summed E-state index contributed by atoms with van der Waals surface area (Å²) in [5.74, 6) is 2.17. The molecule has 6 N–H and O–H groups in total. The molecule has 5 saturated heterocycles. The van der Waals surface area contributed by atoms with Gasteiger partial charge in [-0.1, -0.05) is 18.2 Å². The molecule has 34 heteroatoms. The van der Waals surface area contributed by atoms with Gasteiger partial charge in [0.2, 0.25) is 0 Å². The molecule has 0 unspecified atom stereocenters. The van der Waals surface area contributed by atoms with Gasteiger partial charge in [0.1, 0.15) is 44.8 Å². The first-order valence-electron chi connectivity index (χ1n) is 44.6. The number of rotatable bonds is 14. The van der Waals surface area contributed by atoms with Crippen molar-refractivity contribution in [3.63, 3.8) is 0 Å². The zero-order valence-electron chi connectivity index (χ0n) is 76.0. The minimum absolute atomic E-state index is 0.0654. The van der Waals surface area contributed by atoms with E-state index in [-0.39, 0.29) is 39.7 Å². The number of ether oxygens (including phenoxy) is 4. The number of nitrogens with two attached hydrogens (primary N) is 1. The first-order chi connectivity index (χ1) is 64.5. The number of hydrogen-bond acceptors (Lipinski definition) is 28. The highest BCUT2D eigenvalue weighted by Crippen LogP contribution is 2.36. The van der Waals surface area contributed by atoms with E-state index in [1.807, 2.05) is 142 Å². The van der Waals surface area contributed by atoms with E-state index in [4.69, 9.17) is 34.6 Å². The van der Waals surface area contributed by atoms with Crippen LogP contribution < -0.4 is 98.2 Å². The van der Waals surface area contributed by atoms with E-state index in [0.717, 1.165) is 194 Å². The highest BCUT2D eigenvalue weighted by molar-refractivity contribution is 7.18. The molecule has 21 rings (SSSR count). The quantitative estimate of drug-likeness (QED) is 0.0675. The number of halogens is 1. The summed E-state index contributed by atoms with van der Waals surface area (Å²) in [6, 6.07) is 48.5. The topological polar surface area (TPSA) is 325 Å². The third-order valence-corrected chi connectivity index (χ3v) is 26.1. The SMILES string of the molecule is COc1ccc(-c2cc(=O)n3cc(N4CCNCC4)cc(C)c3n2)cc1OC.COc1ccc(-c2cc(=O)n3cc(N4CC[C@H](N)C4)ccc3n2)cc1OC.Cc1ccc(-c2cc(=O)n3cc(N4CCN[C@@H](C)C4)ccc3n2)cc1F.Cc1csc(-c2cc(=O)n3cc(N4CCN[C@@H](C)C4)ccc3n2)n1.Cc1nc2cc(-c3cc(=O)n4cc(N5CCCNCC5)ccc4n3)ccc2s1. The van der Waals surface area contributed by atoms with E-state index in [0.29, 0.717) is 103 Å². The number of pyridine rings is 5. The van der Waals surface area contributed by atoms with Crippen molar-refractivity contribution in [2.75, 3.05) is 158 Å². The van der Waals surface area contributed by atoms with Crippen LogP contribution in [0.2, 0.25) is 0 Å². The summed E-state index contributed by atoms with van der Waals surface area (Å²) in [5, 5.41) is 17.4. The van der Waals surface area contributed by atoms with Crippen molar-refractivity contribution in [1.82, 2.24) is 78.2 Å². The summed E-state index contributed by atoms with van der Waals surface area (Å²) in [7, 11) is 6.35. The highest BCUT2D eigenvalue weighted by atomic mass is 32.1. The lowest BCUT2D eigenvalue weighted by atomic mass is 10.1. The Kier molecular flexibility index (Phi) is 27.7. The first-order valence-corrected chi connectivity index (χ1v) is 46.3. The molecule has 17 heterocycles. The second-order valence-corrected chi connectivity index (χ2v) is 35.8. The van der Waals surface area contributed by atoms with Gasteiger partial charge in [-0.25, -0.2) is 39.3 Å². The van der Waals surface area contributed by atoms with Crippen molar-refractivity contribution in [2.45, 2.75) is 72.5 Å². The molecule has 3 atom stereocenters. The third-order valence-electron chi connectivity index (χ3n) is 24.2. The molecular weight excluding hydrogens is 1720 g/mol. The predicted octanol–water partition coefficient (Wildman–Crippen LogP) is 11.6. The maximum Gasteiger partial charge on any atom is 0.258 e. The molecule has 5 fully saturated rings. The minimum Gasteiger partial charge on any atom is -0.493 e. The second-order valence-electron chi connectivity index (χ2n) is 33.7. The van der Waals surface area contributed by atoms with E-state index < -0.39 is 0 Å². The standard InChI is InChI=1S/C21H21N5OS.C21H24N4O3.C20H21FN4O.C20H22N4O3.C17H19N5OS/c1-14-23-18-11-15(3-5-19(18)28-14)17-12-21(27)26-13-16(4-6-20(26)24-17)25-9-2-7-22-8-10-25;1-14-10-16(24-8-6-22-7-9-24)13-25-20(26)12-17(23-21(14)25)15-4-5-18(27-2)19(11-15)28-3;1-13-3-4-15(9-17(13)21)18-10-20(26)25-12-16(5-6-19(25)23-18)24-8-7-22-14(2)11-24;1-26-17-5-3-13(9-18(17)27-2)16-10-20(25)24-12-15(4-6-19(24)22-16)23-8-7-14(21)11-23;1-11-8-21(6-5-18-11)13-3-4-15-20-14(7-16(23)22(15)9-13)17-19-12(2)10-24-17/h3-6,11-13,22H,2,7-10H2,1H3;4-5,10-13,22H,6-9H2,1-3H3;3-6,9-10,12,14,22H,7-8,11H2,1-2H3;3-6,9-10,12,14H,7-8,11,21H2,1-2H3;3-4,7,9-11,18H,5-6,8H2,1-2H3/t;;2*14-;11-/m..000/s1. The van der Waals surface area contributed by atoms with Gasteiger partial charge < -0.3 is 70.4 Å². The molecule has 0 aliphatic carbocycles. The van der Waals surface area contributed by atoms with Gasteiger partial charge in [-0.05, 0) is 181 Å². The third kappa shape index (κ3) is 20.7. The van der Waals surface area contributed by atoms with Crippen LogP contribution in [-0.4, -0.2) is 208 Å². The Morgan fingerprint density at radius 1 is 0.391 bits per heavy atom. The van der Waals surface area contributed by atoms with Crippen molar-refractivity contribution < 1.29 is 23.3 Å². The van der Waals surface area contributed by atoms with Gasteiger partial charge in [0, 0.05) is 211 Å². The Labute approximate surface area is 774 Å². The van der Waals surface area contributed by atoms with Crippen LogP contribution in [0.5, 0.6) is 23.0 Å². The molecule has 0 bridgehead atoms. The van der Waals surface area contributed by atoms with Gasteiger partial charge in [-0.15, -0.1) is 22.7 Å². The fraction of sp³-hybridized carbons (Fsp3) is 0.313. The molecule has 0 saturated carbocycles. The second kappa shape index (κ2) is 40.5. The van der Waals surface area contributed by atoms with Crippen LogP contribution in [0.3, 0.4) is 0 Å². The van der Waals surface area contributed by atoms with E-state index in [1.54, 1.807) is 105 Å². The van der Waals surface area contributed by atoms with Gasteiger partial charge in [0.05, 0.1) is 94.9 Å². The van der Waals surface area contributed by atoms with Crippen molar-refractivity contribution in [1.29, 1.82) is 0 Å². The van der Waals surface area contributed by atoms with Gasteiger partial charge in [-0.2, -0.15) is 0 Å². The number of methoxy groups -OCH3 is 4. The smallest absolute Gasteiger partial charge is 0.258 e. The van der Waals surface area contributed by atoms with E-state index in [2.05, 4.69) is 103 Å². The molecule has 5 aliphatic rings. The molecule has 686 valence electrons. The lowest BCUT2D eigenvalue weighted by molar-refractivity contribution is 0.355. The number of thiazole rings is 2. The number of aromatic nitrogens is 12. The fourth-order valence-corrected chi connectivity index (χ4v) is 18.7. The number of fused-ring (bicyclic) bond motifs is 6. The monoisotopic (exact) mass is 1830 g/mol. The molecule has 16 aromatic rings. The molecule has 12 aromatic heterocycles. The van der Waals surface area contributed by atoms with E-state index in [1.165, 1.54) is 29.5 Å². The van der Waals surface area contributed by atoms with Crippen molar-refractivity contribution >= 4 is 89.6 Å². The normalized spacial score (nSPS) is 16.4. The van der Waals surface area contributed by atoms with Gasteiger partial charge in [-0.3, -0.25) is 46.0 Å². The maximum atomic E-state index is 13.8. The van der Waals surface area contributed by atoms with Gasteiger partial charge in [0.15, 0.2) is 23.0 Å². The van der Waals surface area contributed by atoms with Crippen LogP contribution in [-0.2, 0) is 0 Å². The van der Waals surface area contributed by atoms with Gasteiger partial charge >= 0.3 is 0 Å². The number of hydrogen-bond donors (Lipinski definition) is 5. The minimum atomic E-state index is -0.298. The molecule has 31 nitrogen and oxygen atoms in total. The highest BCUT2D eigenvalue weighted by Gasteiger charge is 2.25. The van der Waals surface area contributed by atoms with E-state index in [9.17, 15) is 28.4 Å². The van der Waals surface area contributed by atoms with Crippen LogP contribution in [0.15, 0.2) is 218 Å². The van der Waals surface area contributed by atoms with Crippen LogP contribution in [0.1, 0.15) is 48.5 Å². The molecule has 0 spiro atoms. The Hall–Kier alpha value is -13.9. The summed E-state index contributed by atoms with van der Waals surface area (Å²) in [4.78, 5) is 107. The lowest BCUT2D eigenvalue weighted by Crippen LogP contribution is -2.49. The fourth-order valence-electron chi connectivity index (χ4n) is 17.1. The number of anilines is 5. The van der Waals surface area contributed by atoms with E-state index >= 15 is 0 Å². The molecule has 4 aromatic carbocycles. The zero-order chi connectivity index (χ0) is 92.7. The average Bonchev–Trinajstić information content (AvgIpc) is 1.74. The van der Waals surface area contributed by atoms with Gasteiger partial charge in [0.25, 0.3) is 27.8 Å². The number of nitrogens with one attached hydrogen (secondary N) is 4. The molecule has 5 aliphatic heterocycles. The summed E-state index contributed by atoms with van der Waals surface area (Å²) in [5.41, 5.74) is 23.3.